The van der Waals surface area contributed by atoms with Crippen molar-refractivity contribution in [2.24, 2.45) is 0 Å². The Labute approximate surface area is 104 Å². The number of nitrogens with one attached hydrogen (secondary N) is 1. The van der Waals surface area contributed by atoms with Gasteiger partial charge in [-0.25, -0.2) is 13.4 Å². The number of sulfone groups is 1. The smallest absolute Gasteiger partial charge is 0.151 e. The maximum atomic E-state index is 11.4. The molecule has 2 heterocycles. The van der Waals surface area contributed by atoms with Crippen molar-refractivity contribution in [3.8, 4) is 0 Å². The largest absolute Gasteiger partial charge is 0.307 e. The van der Waals surface area contributed by atoms with Gasteiger partial charge < -0.3 is 5.32 Å². The summed E-state index contributed by atoms with van der Waals surface area (Å²) in [6.45, 7) is 0.595. The average Bonchev–Trinajstić information content (AvgIpc) is 2.60. The molecule has 4 nitrogen and oxygen atoms in total. The van der Waals surface area contributed by atoms with Crippen LogP contribution in [-0.2, 0) is 16.4 Å². The minimum Gasteiger partial charge on any atom is -0.307 e. The number of aromatic nitrogens is 1. The second kappa shape index (κ2) is 5.00. The highest BCUT2D eigenvalue weighted by Crippen LogP contribution is 2.19. The monoisotopic (exact) mass is 280 g/mol. The molecule has 1 aromatic rings. The van der Waals surface area contributed by atoms with Crippen molar-refractivity contribution < 1.29 is 8.42 Å². The molecule has 0 amide bonds. The summed E-state index contributed by atoms with van der Waals surface area (Å²) in [7, 11) is -2.84. The Morgan fingerprint density at radius 1 is 1.62 bits per heavy atom. The van der Waals surface area contributed by atoms with Crippen LogP contribution in [0, 0.1) is 0 Å². The van der Waals surface area contributed by atoms with Gasteiger partial charge in [0.15, 0.2) is 9.84 Å². The van der Waals surface area contributed by atoms with E-state index in [1.54, 1.807) is 6.20 Å². The van der Waals surface area contributed by atoms with E-state index >= 15 is 0 Å². The zero-order valence-electron chi connectivity index (χ0n) is 8.65. The molecule has 2 rings (SSSR count). The van der Waals surface area contributed by atoms with Gasteiger partial charge in [-0.15, -0.1) is 11.3 Å². The van der Waals surface area contributed by atoms with Gasteiger partial charge in [0.25, 0.3) is 0 Å². The fourth-order valence-electron chi connectivity index (χ4n) is 1.79. The van der Waals surface area contributed by atoms with Crippen LogP contribution >= 0.6 is 22.9 Å². The van der Waals surface area contributed by atoms with Gasteiger partial charge in [0.1, 0.15) is 9.34 Å². The molecule has 0 spiro atoms. The first kappa shape index (κ1) is 12.3. The number of nitrogens with zero attached hydrogens (tertiary/aromatic N) is 1. The average molecular weight is 281 g/mol. The van der Waals surface area contributed by atoms with Crippen molar-refractivity contribution in [2.75, 3.05) is 11.5 Å². The molecule has 1 aromatic heterocycles. The third-order valence-corrected chi connectivity index (χ3v) is 5.47. The highest BCUT2D eigenvalue weighted by Gasteiger charge is 2.24. The van der Waals surface area contributed by atoms with Gasteiger partial charge >= 0.3 is 0 Å². The molecule has 7 heteroatoms. The second-order valence-corrected chi connectivity index (χ2v) is 7.87. The Balaban J connectivity index is 1.86. The number of thiazole rings is 1. The predicted octanol–water partition coefficient (Wildman–Crippen LogP) is 1.46. The number of hydrogen-bond acceptors (Lipinski definition) is 5. The van der Waals surface area contributed by atoms with E-state index in [1.807, 2.05) is 0 Å². The minimum absolute atomic E-state index is 0.0569. The van der Waals surface area contributed by atoms with Crippen molar-refractivity contribution in [3.05, 3.63) is 15.5 Å². The molecule has 1 N–H and O–H groups in total. The van der Waals surface area contributed by atoms with Crippen LogP contribution < -0.4 is 5.32 Å². The van der Waals surface area contributed by atoms with E-state index in [0.29, 0.717) is 16.6 Å². The summed E-state index contributed by atoms with van der Waals surface area (Å²) in [5.41, 5.74) is 0. The molecule has 1 saturated heterocycles. The lowest BCUT2D eigenvalue weighted by atomic mass is 10.2. The van der Waals surface area contributed by atoms with E-state index in [4.69, 9.17) is 11.6 Å². The maximum absolute atomic E-state index is 11.4. The lowest BCUT2D eigenvalue weighted by molar-refractivity contribution is 0.479. The maximum Gasteiger partial charge on any atom is 0.151 e. The van der Waals surface area contributed by atoms with Gasteiger partial charge in [-0.2, -0.15) is 0 Å². The highest BCUT2D eigenvalue weighted by atomic mass is 35.5. The predicted molar refractivity (Wildman–Crippen MR) is 65.6 cm³/mol. The van der Waals surface area contributed by atoms with Gasteiger partial charge in [0, 0.05) is 12.6 Å². The summed E-state index contributed by atoms with van der Waals surface area (Å²) in [6, 6.07) is 0.0569. The first-order valence-corrected chi connectivity index (χ1v) is 8.11. The molecule has 1 unspecified atom stereocenters. The molecule has 1 fully saturated rings. The normalized spacial score (nSPS) is 24.4. The van der Waals surface area contributed by atoms with Gasteiger partial charge in [0.2, 0.25) is 0 Å². The quantitative estimate of drug-likeness (QED) is 0.911. The zero-order valence-corrected chi connectivity index (χ0v) is 11.0. The number of hydrogen-bond donors (Lipinski definition) is 1. The number of rotatable bonds is 3. The van der Waals surface area contributed by atoms with Crippen LogP contribution in [0.25, 0.3) is 0 Å². The third kappa shape index (κ3) is 3.41. The molecule has 0 saturated carbocycles. The van der Waals surface area contributed by atoms with E-state index in [0.717, 1.165) is 17.8 Å². The molecular formula is C9H13ClN2O2S2. The summed E-state index contributed by atoms with van der Waals surface area (Å²) in [5.74, 6) is 0.570. The SMILES string of the molecule is O=S1(=O)CCCC(NCc2ncc(Cl)s2)C1. The van der Waals surface area contributed by atoms with E-state index < -0.39 is 9.84 Å². The molecule has 0 aromatic carbocycles. The van der Waals surface area contributed by atoms with Crippen molar-refractivity contribution >= 4 is 32.8 Å². The van der Waals surface area contributed by atoms with Crippen LogP contribution in [0.15, 0.2) is 6.20 Å². The first-order valence-electron chi connectivity index (χ1n) is 5.09. The van der Waals surface area contributed by atoms with Crippen molar-refractivity contribution in [2.45, 2.75) is 25.4 Å². The number of halogens is 1. The minimum atomic E-state index is -2.84. The van der Waals surface area contributed by atoms with Crippen LogP contribution in [0.4, 0.5) is 0 Å². The van der Waals surface area contributed by atoms with Crippen LogP contribution in [0.2, 0.25) is 4.34 Å². The van der Waals surface area contributed by atoms with E-state index in [-0.39, 0.29) is 11.8 Å². The standard InChI is InChI=1S/C9H13ClN2O2S2/c10-8-4-12-9(15-8)5-11-7-2-1-3-16(13,14)6-7/h4,7,11H,1-3,5-6H2. The van der Waals surface area contributed by atoms with Crippen molar-refractivity contribution in [1.29, 1.82) is 0 Å². The summed E-state index contributed by atoms with van der Waals surface area (Å²) >= 11 is 7.18. The topological polar surface area (TPSA) is 59.1 Å². The summed E-state index contributed by atoms with van der Waals surface area (Å²) in [6.07, 6.45) is 3.28. The van der Waals surface area contributed by atoms with E-state index in [9.17, 15) is 8.42 Å². The fourth-order valence-corrected chi connectivity index (χ4v) is 4.36. The van der Waals surface area contributed by atoms with Crippen LogP contribution in [0.5, 0.6) is 0 Å². The summed E-state index contributed by atoms with van der Waals surface area (Å²) < 4.78 is 23.5. The van der Waals surface area contributed by atoms with Gasteiger partial charge in [-0.3, -0.25) is 0 Å². The van der Waals surface area contributed by atoms with Crippen LogP contribution in [0.1, 0.15) is 17.8 Å². The molecule has 90 valence electrons. The molecule has 1 atom stereocenters. The molecule has 0 bridgehead atoms. The Hall–Kier alpha value is -0.170. The highest BCUT2D eigenvalue weighted by molar-refractivity contribution is 7.91. The van der Waals surface area contributed by atoms with Crippen molar-refractivity contribution in [1.82, 2.24) is 10.3 Å². The van der Waals surface area contributed by atoms with Crippen molar-refractivity contribution in [3.63, 3.8) is 0 Å². The Morgan fingerprint density at radius 2 is 2.44 bits per heavy atom. The molecule has 0 radical (unpaired) electrons. The van der Waals surface area contributed by atoms with E-state index in [1.165, 1.54) is 11.3 Å². The first-order chi connectivity index (χ1) is 7.55. The molecular weight excluding hydrogens is 268 g/mol. The lowest BCUT2D eigenvalue weighted by Crippen LogP contribution is -2.39. The van der Waals surface area contributed by atoms with Crippen LogP contribution in [-0.4, -0.2) is 30.9 Å². The summed E-state index contributed by atoms with van der Waals surface area (Å²) in [4.78, 5) is 4.11. The Bertz CT molecular complexity index is 458. The van der Waals surface area contributed by atoms with E-state index in [2.05, 4.69) is 10.3 Å². The van der Waals surface area contributed by atoms with Gasteiger partial charge in [0.05, 0.1) is 17.7 Å². The second-order valence-electron chi connectivity index (χ2n) is 3.89. The van der Waals surface area contributed by atoms with Crippen LogP contribution in [0.3, 0.4) is 0 Å². The molecule has 16 heavy (non-hydrogen) atoms. The lowest BCUT2D eigenvalue weighted by Gasteiger charge is -2.22. The molecule has 0 aliphatic carbocycles. The third-order valence-electron chi connectivity index (χ3n) is 2.53. The molecule has 1 aliphatic heterocycles. The zero-order chi connectivity index (χ0) is 11.6. The fraction of sp³-hybridized carbons (Fsp3) is 0.667. The summed E-state index contributed by atoms with van der Waals surface area (Å²) in [5, 5.41) is 4.11. The molecule has 1 aliphatic rings. The Morgan fingerprint density at radius 3 is 3.06 bits per heavy atom. The van der Waals surface area contributed by atoms with Gasteiger partial charge in [-0.1, -0.05) is 11.6 Å². The Kier molecular flexibility index (Phi) is 3.84. The van der Waals surface area contributed by atoms with Gasteiger partial charge in [-0.05, 0) is 12.8 Å².